The van der Waals surface area contributed by atoms with Crippen LogP contribution in [0.25, 0.3) is 6.08 Å². The van der Waals surface area contributed by atoms with Crippen molar-refractivity contribution in [2.24, 2.45) is 4.99 Å². The molecule has 0 radical (unpaired) electrons. The van der Waals surface area contributed by atoms with E-state index >= 15 is 0 Å². The maximum atomic E-state index is 13.4. The molecule has 1 heterocycles. The van der Waals surface area contributed by atoms with E-state index in [1.807, 2.05) is 32.0 Å². The highest BCUT2D eigenvalue weighted by molar-refractivity contribution is 9.10. The molecule has 0 unspecified atom stereocenters. The summed E-state index contributed by atoms with van der Waals surface area (Å²) in [5.74, 6) is -0.110. The molecule has 1 fully saturated rings. The Morgan fingerprint density at radius 2 is 1.88 bits per heavy atom. The quantitative estimate of drug-likeness (QED) is 0.292. The van der Waals surface area contributed by atoms with Gasteiger partial charge in [0.2, 0.25) is 0 Å². The van der Waals surface area contributed by atoms with E-state index in [2.05, 4.69) is 42.2 Å². The normalized spacial score (nSPS) is 15.8. The summed E-state index contributed by atoms with van der Waals surface area (Å²) < 4.78 is 20.9. The number of hydrogen-bond donors (Lipinski definition) is 1. The van der Waals surface area contributed by atoms with Gasteiger partial charge in [0.05, 0.1) is 20.1 Å². The zero-order valence-corrected chi connectivity index (χ0v) is 22.8. The first-order valence-electron chi connectivity index (χ1n) is 10.1. The molecule has 0 bridgehead atoms. The summed E-state index contributed by atoms with van der Waals surface area (Å²) in [6.07, 6.45) is 1.74. The smallest absolute Gasteiger partial charge is 0.264 e. The van der Waals surface area contributed by atoms with Crippen molar-refractivity contribution >= 4 is 78.1 Å². The first-order chi connectivity index (χ1) is 16.2. The summed E-state index contributed by atoms with van der Waals surface area (Å²) in [7, 11) is 0. The number of thioether (sulfide) groups is 1. The van der Waals surface area contributed by atoms with Crippen LogP contribution >= 0.6 is 55.2 Å². The van der Waals surface area contributed by atoms with Crippen LogP contribution < -0.4 is 10.1 Å². The Balaban J connectivity index is 1.52. The second-order valence-electron chi connectivity index (χ2n) is 7.61. The SMILES string of the molecule is Cc1cc(N=C2NC(=O)/C(=C/c3cc(Cl)c(OCc4cccc(F)c4)c(Br)c3)S2)cc(C)c1Br. The van der Waals surface area contributed by atoms with Crippen molar-refractivity contribution < 1.29 is 13.9 Å². The number of carbonyl (C=O) groups excluding carboxylic acids is 1. The first kappa shape index (κ1) is 25.0. The zero-order chi connectivity index (χ0) is 24.4. The molecule has 3 aromatic rings. The van der Waals surface area contributed by atoms with Crippen molar-refractivity contribution in [3.63, 3.8) is 0 Å². The molecule has 0 aliphatic carbocycles. The van der Waals surface area contributed by atoms with Crippen LogP contribution in [-0.4, -0.2) is 11.1 Å². The Morgan fingerprint density at radius 1 is 1.15 bits per heavy atom. The van der Waals surface area contributed by atoms with Crippen LogP contribution in [0.15, 0.2) is 67.4 Å². The molecule has 174 valence electrons. The minimum absolute atomic E-state index is 0.170. The molecule has 0 atom stereocenters. The van der Waals surface area contributed by atoms with Gasteiger partial charge in [0, 0.05) is 4.47 Å². The van der Waals surface area contributed by atoms with E-state index < -0.39 is 0 Å². The number of halogens is 4. The van der Waals surface area contributed by atoms with Gasteiger partial charge in [-0.1, -0.05) is 39.7 Å². The number of nitrogens with zero attached hydrogens (tertiary/aromatic N) is 1. The van der Waals surface area contributed by atoms with Crippen LogP contribution in [0.5, 0.6) is 5.75 Å². The van der Waals surface area contributed by atoms with Crippen molar-refractivity contribution in [1.29, 1.82) is 0 Å². The van der Waals surface area contributed by atoms with Crippen molar-refractivity contribution in [2.45, 2.75) is 20.5 Å². The highest BCUT2D eigenvalue weighted by atomic mass is 79.9. The average Bonchev–Trinajstić information content (AvgIpc) is 3.09. The Hall–Kier alpha value is -2.13. The van der Waals surface area contributed by atoms with E-state index in [4.69, 9.17) is 16.3 Å². The Labute approximate surface area is 222 Å². The number of amidine groups is 1. The van der Waals surface area contributed by atoms with Crippen LogP contribution in [0.2, 0.25) is 5.02 Å². The molecule has 4 nitrogen and oxygen atoms in total. The van der Waals surface area contributed by atoms with Gasteiger partial charge in [-0.2, -0.15) is 0 Å². The lowest BCUT2D eigenvalue weighted by Gasteiger charge is -2.11. The van der Waals surface area contributed by atoms with Crippen molar-refractivity contribution in [2.75, 3.05) is 0 Å². The van der Waals surface area contributed by atoms with Crippen LogP contribution in [0.4, 0.5) is 10.1 Å². The summed E-state index contributed by atoms with van der Waals surface area (Å²) in [6, 6.07) is 13.6. The molecule has 3 aromatic carbocycles. The first-order valence-corrected chi connectivity index (χ1v) is 12.9. The Kier molecular flexibility index (Phi) is 7.82. The molecule has 0 spiro atoms. The third-order valence-corrected chi connectivity index (χ3v) is 7.92. The van der Waals surface area contributed by atoms with E-state index in [1.54, 1.807) is 24.3 Å². The topological polar surface area (TPSA) is 50.7 Å². The van der Waals surface area contributed by atoms with Gasteiger partial charge in [-0.05, 0) is 106 Å². The molecule has 1 amide bonds. The number of benzene rings is 3. The summed E-state index contributed by atoms with van der Waals surface area (Å²) >= 11 is 14.7. The lowest BCUT2D eigenvalue weighted by molar-refractivity contribution is -0.115. The largest absolute Gasteiger partial charge is 0.486 e. The standard InChI is InChI=1S/C25H18Br2ClFN2O2S/c1-13-6-18(7-14(2)22(13)27)30-25-31-24(32)21(34-25)11-16-9-19(26)23(20(28)10-16)33-12-15-4-3-5-17(29)8-15/h3-11H,12H2,1-2H3,(H,30,31,32)/b21-11-. The third kappa shape index (κ3) is 5.92. The van der Waals surface area contributed by atoms with Gasteiger partial charge >= 0.3 is 0 Å². The van der Waals surface area contributed by atoms with E-state index in [-0.39, 0.29) is 18.3 Å². The highest BCUT2D eigenvalue weighted by Crippen LogP contribution is 2.37. The van der Waals surface area contributed by atoms with Gasteiger partial charge in [-0.3, -0.25) is 4.79 Å². The number of aliphatic imine (C=N–C) groups is 1. The second kappa shape index (κ2) is 10.6. The molecule has 0 aromatic heterocycles. The maximum absolute atomic E-state index is 13.4. The fraction of sp³-hybridized carbons (Fsp3) is 0.120. The van der Waals surface area contributed by atoms with Crippen molar-refractivity contribution in [3.05, 3.63) is 95.5 Å². The number of amides is 1. The average molecular weight is 625 g/mol. The van der Waals surface area contributed by atoms with E-state index in [0.717, 1.165) is 26.9 Å². The fourth-order valence-electron chi connectivity index (χ4n) is 3.32. The minimum atomic E-state index is -0.325. The molecule has 1 aliphatic heterocycles. The second-order valence-corrected chi connectivity index (χ2v) is 10.7. The van der Waals surface area contributed by atoms with Crippen LogP contribution in [0.3, 0.4) is 0 Å². The van der Waals surface area contributed by atoms with Gasteiger partial charge in [-0.15, -0.1) is 0 Å². The molecular weight excluding hydrogens is 607 g/mol. The molecule has 9 heteroatoms. The summed E-state index contributed by atoms with van der Waals surface area (Å²) in [5, 5.41) is 3.69. The number of aryl methyl sites for hydroxylation is 2. The number of nitrogens with one attached hydrogen (secondary N) is 1. The predicted molar refractivity (Wildman–Crippen MR) is 144 cm³/mol. The number of carbonyl (C=O) groups is 1. The molecule has 1 saturated heterocycles. The van der Waals surface area contributed by atoms with E-state index in [1.165, 1.54) is 23.9 Å². The molecular formula is C25H18Br2ClFN2O2S. The summed E-state index contributed by atoms with van der Waals surface area (Å²) in [5.41, 5.74) is 4.33. The Bertz CT molecular complexity index is 1310. The van der Waals surface area contributed by atoms with Gasteiger partial charge in [-0.25, -0.2) is 9.38 Å². The molecule has 34 heavy (non-hydrogen) atoms. The maximum Gasteiger partial charge on any atom is 0.264 e. The fourth-order valence-corrected chi connectivity index (χ4v) is 5.38. The third-order valence-electron chi connectivity index (χ3n) is 4.89. The van der Waals surface area contributed by atoms with Crippen LogP contribution in [-0.2, 0) is 11.4 Å². The number of hydrogen-bond acceptors (Lipinski definition) is 4. The van der Waals surface area contributed by atoms with Crippen molar-refractivity contribution in [1.82, 2.24) is 5.32 Å². The lowest BCUT2D eigenvalue weighted by atomic mass is 10.1. The van der Waals surface area contributed by atoms with Gasteiger partial charge in [0.25, 0.3) is 5.91 Å². The summed E-state index contributed by atoms with van der Waals surface area (Å²) in [6.45, 7) is 4.17. The monoisotopic (exact) mass is 622 g/mol. The zero-order valence-electron chi connectivity index (χ0n) is 18.1. The summed E-state index contributed by atoms with van der Waals surface area (Å²) in [4.78, 5) is 17.6. The minimum Gasteiger partial charge on any atom is -0.486 e. The molecule has 0 saturated carbocycles. The van der Waals surface area contributed by atoms with Crippen LogP contribution in [0.1, 0.15) is 22.3 Å². The lowest BCUT2D eigenvalue weighted by Crippen LogP contribution is -2.19. The highest BCUT2D eigenvalue weighted by Gasteiger charge is 2.24. The van der Waals surface area contributed by atoms with Gasteiger partial charge in [0.1, 0.15) is 12.4 Å². The molecule has 4 rings (SSSR count). The Morgan fingerprint density at radius 3 is 2.56 bits per heavy atom. The van der Waals surface area contributed by atoms with E-state index in [0.29, 0.717) is 30.9 Å². The van der Waals surface area contributed by atoms with Gasteiger partial charge in [0.15, 0.2) is 10.9 Å². The molecule has 1 N–H and O–H groups in total. The van der Waals surface area contributed by atoms with Gasteiger partial charge < -0.3 is 10.1 Å². The van der Waals surface area contributed by atoms with Crippen LogP contribution in [0, 0.1) is 19.7 Å². The molecule has 1 aliphatic rings. The predicted octanol–water partition coefficient (Wildman–Crippen LogP) is 8.09. The number of ether oxygens (including phenoxy) is 1. The van der Waals surface area contributed by atoms with Crippen molar-refractivity contribution in [3.8, 4) is 5.75 Å². The number of rotatable bonds is 5. The van der Waals surface area contributed by atoms with E-state index in [9.17, 15) is 9.18 Å².